The van der Waals surface area contributed by atoms with Crippen LogP contribution in [0.15, 0.2) is 73.2 Å². The van der Waals surface area contributed by atoms with Crippen molar-refractivity contribution >= 4 is 46.0 Å². The Labute approximate surface area is 312 Å². The van der Waals surface area contributed by atoms with Crippen molar-refractivity contribution in [3.8, 4) is 5.69 Å². The Morgan fingerprint density at radius 2 is 1.76 bits per heavy atom. The number of aromatic nitrogens is 4. The fraction of sp³-hybridized carbons (Fsp3) is 0.297. The van der Waals surface area contributed by atoms with E-state index in [1.54, 1.807) is 43.3 Å². The molecule has 15 nitrogen and oxygen atoms in total. The van der Waals surface area contributed by atoms with E-state index in [1.165, 1.54) is 30.1 Å². The van der Waals surface area contributed by atoms with Gasteiger partial charge in [0.1, 0.15) is 12.6 Å². The molecule has 5 aromatic rings. The van der Waals surface area contributed by atoms with Crippen LogP contribution in [0.2, 0.25) is 0 Å². The molecule has 0 spiro atoms. The third-order valence-electron chi connectivity index (χ3n) is 8.16. The van der Waals surface area contributed by atoms with E-state index < -0.39 is 41.5 Å². The molecule has 290 valence electrons. The zero-order chi connectivity index (χ0) is 39.5. The van der Waals surface area contributed by atoms with Gasteiger partial charge in [-0.15, -0.1) is 0 Å². The Kier molecular flexibility index (Phi) is 13.2. The first-order valence-corrected chi connectivity index (χ1v) is 17.1. The fourth-order valence-corrected chi connectivity index (χ4v) is 5.40. The highest BCUT2D eigenvalue weighted by Crippen LogP contribution is 2.32. The summed E-state index contributed by atoms with van der Waals surface area (Å²) < 4.78 is 53.0. The standard InChI is InChI=1S/C37H39F3N8O7/c1-22-18-41-21-48(22)29-15-25(14-26(16-29)37(38,39)40)35(52)45-28-6-3-5-24(13-28)19-43-27-7-8-30-31(17-27)46-47-33(30)36(53)44-23(2)34(51)42-9-12-54-10-4-11-55-20-32(49)50/h3,5-8,13-18,21,23,43H,4,9-12,19-20H2,1-2H3,(H,42,51)(H,44,53)(H,45,52)(H,46,47)(H,49,50)/t23-/m0/s1. The maximum absolute atomic E-state index is 13.7. The van der Waals surface area contributed by atoms with Crippen molar-refractivity contribution in [2.45, 2.75) is 39.0 Å². The van der Waals surface area contributed by atoms with Crippen LogP contribution in [0.4, 0.5) is 24.5 Å². The minimum absolute atomic E-state index is 0.103. The number of halogens is 3. The van der Waals surface area contributed by atoms with Gasteiger partial charge in [0.15, 0.2) is 5.69 Å². The van der Waals surface area contributed by atoms with Crippen molar-refractivity contribution in [3.05, 3.63) is 101 Å². The van der Waals surface area contributed by atoms with Gasteiger partial charge in [0.05, 0.1) is 24.0 Å². The largest absolute Gasteiger partial charge is 0.480 e. The number of aromatic amines is 1. The van der Waals surface area contributed by atoms with Gasteiger partial charge in [-0.1, -0.05) is 12.1 Å². The van der Waals surface area contributed by atoms with Gasteiger partial charge in [-0.25, -0.2) is 9.78 Å². The summed E-state index contributed by atoms with van der Waals surface area (Å²) >= 11 is 0. The van der Waals surface area contributed by atoms with Crippen LogP contribution in [0.3, 0.4) is 0 Å². The van der Waals surface area contributed by atoms with E-state index in [4.69, 9.17) is 14.6 Å². The molecule has 0 fully saturated rings. The summed E-state index contributed by atoms with van der Waals surface area (Å²) in [6.07, 6.45) is -1.28. The van der Waals surface area contributed by atoms with Crippen LogP contribution >= 0.6 is 0 Å². The number of H-pyrrole nitrogens is 1. The topological polar surface area (TPSA) is 202 Å². The van der Waals surface area contributed by atoms with E-state index in [0.717, 1.165) is 17.7 Å². The van der Waals surface area contributed by atoms with Crippen molar-refractivity contribution in [3.63, 3.8) is 0 Å². The van der Waals surface area contributed by atoms with E-state index >= 15 is 0 Å². The van der Waals surface area contributed by atoms with Crippen LogP contribution in [-0.4, -0.2) is 87.6 Å². The first kappa shape index (κ1) is 39.9. The molecule has 0 aliphatic heterocycles. The SMILES string of the molecule is Cc1cncn1-c1cc(C(=O)Nc2cccc(CNc3ccc4c(C(=O)N[C@@H](C)C(=O)NCCOCCCOCC(=O)O)n[nH]c4c3)c2)cc(C(F)(F)F)c1. The van der Waals surface area contributed by atoms with Crippen LogP contribution in [0.5, 0.6) is 0 Å². The Morgan fingerprint density at radius 1 is 0.964 bits per heavy atom. The summed E-state index contributed by atoms with van der Waals surface area (Å²) in [7, 11) is 0. The molecule has 0 aliphatic rings. The van der Waals surface area contributed by atoms with Crippen molar-refractivity contribution in [2.24, 2.45) is 0 Å². The number of anilines is 2. The summed E-state index contributed by atoms with van der Waals surface area (Å²) in [6, 6.07) is 14.4. The lowest BCUT2D eigenvalue weighted by Gasteiger charge is -2.14. The molecule has 0 aliphatic carbocycles. The average Bonchev–Trinajstić information content (AvgIpc) is 3.78. The monoisotopic (exact) mass is 764 g/mol. The average molecular weight is 765 g/mol. The normalized spacial score (nSPS) is 11.9. The molecular formula is C37H39F3N8O7. The molecule has 6 N–H and O–H groups in total. The predicted molar refractivity (Wildman–Crippen MR) is 195 cm³/mol. The summed E-state index contributed by atoms with van der Waals surface area (Å²) in [6.45, 7) is 4.20. The van der Waals surface area contributed by atoms with Crippen LogP contribution in [0.1, 0.15) is 51.0 Å². The van der Waals surface area contributed by atoms with E-state index in [2.05, 4.69) is 36.4 Å². The number of carboxylic acids is 1. The number of nitrogens with one attached hydrogen (secondary N) is 5. The maximum Gasteiger partial charge on any atom is 0.416 e. The molecule has 0 unspecified atom stereocenters. The quantitative estimate of drug-likeness (QED) is 0.0681. The molecule has 0 saturated heterocycles. The molecule has 3 aromatic carbocycles. The highest BCUT2D eigenvalue weighted by Gasteiger charge is 2.32. The van der Waals surface area contributed by atoms with Crippen LogP contribution < -0.4 is 21.3 Å². The Bertz CT molecular complexity index is 2150. The second kappa shape index (κ2) is 18.2. The third kappa shape index (κ3) is 11.1. The molecule has 55 heavy (non-hydrogen) atoms. The number of fused-ring (bicyclic) bond motifs is 1. The van der Waals surface area contributed by atoms with Gasteiger partial charge in [0.25, 0.3) is 11.8 Å². The smallest absolute Gasteiger partial charge is 0.416 e. The second-order valence-corrected chi connectivity index (χ2v) is 12.4. The number of ether oxygens (including phenoxy) is 2. The summed E-state index contributed by atoms with van der Waals surface area (Å²) in [5.74, 6) is -2.72. The van der Waals surface area contributed by atoms with Crippen molar-refractivity contribution in [2.75, 3.05) is 43.6 Å². The first-order chi connectivity index (χ1) is 26.3. The van der Waals surface area contributed by atoms with Gasteiger partial charge in [-0.3, -0.25) is 19.5 Å². The molecule has 5 rings (SSSR count). The Hall–Kier alpha value is -6.27. The number of imidazole rings is 1. The summed E-state index contributed by atoms with van der Waals surface area (Å²) in [5, 5.41) is 27.3. The van der Waals surface area contributed by atoms with E-state index in [-0.39, 0.29) is 43.3 Å². The Morgan fingerprint density at radius 3 is 2.51 bits per heavy atom. The molecule has 1 atom stereocenters. The number of hydrogen-bond acceptors (Lipinski definition) is 9. The van der Waals surface area contributed by atoms with Crippen molar-refractivity contribution in [1.82, 2.24) is 30.4 Å². The number of alkyl halides is 3. The number of carbonyl (C=O) groups excluding carboxylic acids is 3. The summed E-state index contributed by atoms with van der Waals surface area (Å²) in [5.41, 5.74) is 2.13. The molecule has 0 bridgehead atoms. The number of benzene rings is 3. The third-order valence-corrected chi connectivity index (χ3v) is 8.16. The Balaban J connectivity index is 1.12. The lowest BCUT2D eigenvalue weighted by Crippen LogP contribution is -2.45. The van der Waals surface area contributed by atoms with Gasteiger partial charge in [0.2, 0.25) is 5.91 Å². The number of aryl methyl sites for hydroxylation is 1. The number of hydrogen-bond donors (Lipinski definition) is 6. The van der Waals surface area contributed by atoms with E-state index in [9.17, 15) is 32.3 Å². The van der Waals surface area contributed by atoms with Crippen molar-refractivity contribution < 1.29 is 46.9 Å². The maximum atomic E-state index is 13.7. The van der Waals surface area contributed by atoms with Crippen LogP contribution in [0, 0.1) is 6.92 Å². The van der Waals surface area contributed by atoms with Gasteiger partial charge in [0, 0.05) is 66.2 Å². The fourth-order valence-electron chi connectivity index (χ4n) is 5.40. The van der Waals surface area contributed by atoms with Gasteiger partial charge < -0.3 is 40.4 Å². The van der Waals surface area contributed by atoms with Gasteiger partial charge >= 0.3 is 12.1 Å². The van der Waals surface area contributed by atoms with E-state index in [1.807, 2.05) is 6.07 Å². The molecule has 2 aromatic heterocycles. The second-order valence-electron chi connectivity index (χ2n) is 12.4. The predicted octanol–water partition coefficient (Wildman–Crippen LogP) is 4.68. The van der Waals surface area contributed by atoms with Crippen LogP contribution in [-0.2, 0) is 31.8 Å². The molecule has 0 radical (unpaired) electrons. The van der Waals surface area contributed by atoms with Gasteiger partial charge in [-0.2, -0.15) is 18.3 Å². The lowest BCUT2D eigenvalue weighted by molar-refractivity contribution is -0.142. The molecule has 18 heteroatoms. The molecule has 0 saturated carbocycles. The number of rotatable bonds is 18. The lowest BCUT2D eigenvalue weighted by atomic mass is 10.1. The number of aliphatic carboxylic acids is 1. The molecular weight excluding hydrogens is 725 g/mol. The number of carbonyl (C=O) groups is 4. The van der Waals surface area contributed by atoms with Gasteiger partial charge in [-0.05, 0) is 74.4 Å². The minimum Gasteiger partial charge on any atom is -0.480 e. The number of nitrogens with zero attached hydrogens (tertiary/aromatic N) is 3. The molecule has 2 heterocycles. The number of amides is 3. The molecule has 3 amide bonds. The first-order valence-electron chi connectivity index (χ1n) is 17.1. The minimum atomic E-state index is -4.67. The zero-order valence-corrected chi connectivity index (χ0v) is 29.8. The zero-order valence-electron chi connectivity index (χ0n) is 29.8. The van der Waals surface area contributed by atoms with Crippen LogP contribution in [0.25, 0.3) is 16.6 Å². The number of carboxylic acid groups (broad SMARTS) is 1. The summed E-state index contributed by atoms with van der Waals surface area (Å²) in [4.78, 5) is 53.0. The van der Waals surface area contributed by atoms with E-state index in [0.29, 0.717) is 47.5 Å². The highest BCUT2D eigenvalue weighted by atomic mass is 19.4. The van der Waals surface area contributed by atoms with Crippen molar-refractivity contribution in [1.29, 1.82) is 0 Å². The highest BCUT2D eigenvalue weighted by molar-refractivity contribution is 6.06.